The molecular weight excluding hydrogens is 298 g/mol. The van der Waals surface area contributed by atoms with Gasteiger partial charge in [0.1, 0.15) is 0 Å². The van der Waals surface area contributed by atoms with Crippen molar-refractivity contribution in [2.75, 3.05) is 13.1 Å². The van der Waals surface area contributed by atoms with E-state index < -0.39 is 17.4 Å². The van der Waals surface area contributed by atoms with Gasteiger partial charge in [0.15, 0.2) is 5.41 Å². The molecule has 0 heterocycles. The molecule has 6 heteroatoms. The average molecular weight is 329 g/mol. The second-order valence-electron chi connectivity index (χ2n) is 6.99. The van der Waals surface area contributed by atoms with Crippen LogP contribution in [0, 0.1) is 11.3 Å². The molecule has 0 aromatic rings. The van der Waals surface area contributed by atoms with Crippen LogP contribution in [-0.2, 0) is 9.59 Å². The minimum atomic E-state index is -1.66. The molecule has 0 aromatic heterocycles. The van der Waals surface area contributed by atoms with Crippen LogP contribution in [0.1, 0.15) is 64.7 Å². The zero-order chi connectivity index (χ0) is 17.3. The highest BCUT2D eigenvalue weighted by atomic mass is 16.4. The number of nitrogens with one attached hydrogen (secondary N) is 1. The van der Waals surface area contributed by atoms with Crippen molar-refractivity contribution in [1.29, 1.82) is 0 Å². The number of rotatable bonds is 11. The number of aliphatic hydroxyl groups excluding tert-OH is 1. The quantitative estimate of drug-likeness (QED) is 0.342. The largest absolute Gasteiger partial charge is 0.480 e. The Morgan fingerprint density at radius 3 is 2.13 bits per heavy atom. The molecular formula is C17H31NO5. The summed E-state index contributed by atoms with van der Waals surface area (Å²) in [5.74, 6) is -1.85. The molecule has 1 aliphatic rings. The molecule has 1 aliphatic carbocycles. The Bertz CT molecular complexity index is 363. The van der Waals surface area contributed by atoms with Crippen LogP contribution in [0.2, 0.25) is 0 Å². The third-order valence-corrected chi connectivity index (χ3v) is 4.97. The van der Waals surface area contributed by atoms with Crippen LogP contribution in [0.15, 0.2) is 0 Å². The number of carboxylic acids is 2. The lowest BCUT2D eigenvalue weighted by Gasteiger charge is -2.25. The number of carbonyl (C=O) groups is 2. The summed E-state index contributed by atoms with van der Waals surface area (Å²) in [5.41, 5.74) is -1.66. The monoisotopic (exact) mass is 329 g/mol. The maximum absolute atomic E-state index is 11.0. The van der Waals surface area contributed by atoms with Crippen molar-refractivity contribution >= 4 is 11.9 Å². The summed E-state index contributed by atoms with van der Waals surface area (Å²) in [6.07, 6.45) is 7.56. The molecule has 4 N–H and O–H groups in total. The second kappa shape index (κ2) is 9.88. The first-order valence-corrected chi connectivity index (χ1v) is 8.72. The van der Waals surface area contributed by atoms with E-state index in [1.807, 2.05) is 0 Å². The van der Waals surface area contributed by atoms with Gasteiger partial charge in [0.05, 0.1) is 6.10 Å². The number of unbranched alkanes of at least 4 members (excludes halogenated alkanes) is 3. The highest BCUT2D eigenvalue weighted by molar-refractivity contribution is 5.97. The van der Waals surface area contributed by atoms with Gasteiger partial charge in [0.25, 0.3) is 0 Å². The number of hydrogen-bond donors (Lipinski definition) is 4. The Morgan fingerprint density at radius 2 is 1.57 bits per heavy atom. The minimum absolute atomic E-state index is 0.103. The Morgan fingerprint density at radius 1 is 1.00 bits per heavy atom. The summed E-state index contributed by atoms with van der Waals surface area (Å²) in [7, 11) is 0. The lowest BCUT2D eigenvalue weighted by Crippen LogP contribution is -2.36. The van der Waals surface area contributed by atoms with Crippen LogP contribution >= 0.6 is 0 Å². The van der Waals surface area contributed by atoms with E-state index in [4.69, 9.17) is 10.2 Å². The van der Waals surface area contributed by atoms with Gasteiger partial charge >= 0.3 is 11.9 Å². The summed E-state index contributed by atoms with van der Waals surface area (Å²) in [5, 5.41) is 30.9. The van der Waals surface area contributed by atoms with E-state index in [0.29, 0.717) is 12.3 Å². The van der Waals surface area contributed by atoms with E-state index >= 15 is 0 Å². The maximum Gasteiger partial charge on any atom is 0.320 e. The van der Waals surface area contributed by atoms with E-state index in [1.165, 1.54) is 6.92 Å². The van der Waals surface area contributed by atoms with Crippen LogP contribution in [0.5, 0.6) is 0 Å². The number of aliphatic hydroxyl groups is 1. The van der Waals surface area contributed by atoms with Crippen LogP contribution in [0.4, 0.5) is 0 Å². The average Bonchev–Trinajstić information content (AvgIpc) is 2.51. The topological polar surface area (TPSA) is 107 Å². The number of aliphatic carboxylic acids is 2. The smallest absolute Gasteiger partial charge is 0.320 e. The van der Waals surface area contributed by atoms with Crippen molar-refractivity contribution in [3.05, 3.63) is 0 Å². The van der Waals surface area contributed by atoms with Gasteiger partial charge in [-0.2, -0.15) is 0 Å². The third kappa shape index (κ3) is 6.87. The number of hydrogen-bond acceptors (Lipinski definition) is 4. The minimum Gasteiger partial charge on any atom is -0.480 e. The van der Waals surface area contributed by atoms with Crippen molar-refractivity contribution in [2.45, 2.75) is 70.8 Å². The third-order valence-electron chi connectivity index (χ3n) is 4.97. The fourth-order valence-electron chi connectivity index (χ4n) is 3.04. The molecule has 1 saturated carbocycles. The van der Waals surface area contributed by atoms with Crippen molar-refractivity contribution in [1.82, 2.24) is 5.32 Å². The molecule has 134 valence electrons. The summed E-state index contributed by atoms with van der Waals surface area (Å²) in [6.45, 7) is 3.22. The second-order valence-corrected chi connectivity index (χ2v) is 6.99. The molecule has 0 unspecified atom stereocenters. The molecule has 0 saturated heterocycles. The van der Waals surface area contributed by atoms with Gasteiger partial charge in [-0.25, -0.2) is 0 Å². The van der Waals surface area contributed by atoms with Gasteiger partial charge < -0.3 is 20.6 Å². The van der Waals surface area contributed by atoms with Gasteiger partial charge in [0, 0.05) is 0 Å². The van der Waals surface area contributed by atoms with Crippen molar-refractivity contribution < 1.29 is 24.9 Å². The van der Waals surface area contributed by atoms with Crippen LogP contribution < -0.4 is 5.32 Å². The Kier molecular flexibility index (Phi) is 8.55. The Labute approximate surface area is 138 Å². The SMILES string of the molecule is CC(CCCCCCNCC1CCC(O)CC1)(C(=O)O)C(=O)O. The predicted octanol–water partition coefficient (Wildman–Crippen LogP) is 2.25. The summed E-state index contributed by atoms with van der Waals surface area (Å²) < 4.78 is 0. The Hall–Kier alpha value is -1.14. The number of carboxylic acid groups (broad SMARTS) is 2. The molecule has 0 amide bonds. The highest BCUT2D eigenvalue weighted by Crippen LogP contribution is 2.25. The first-order chi connectivity index (χ1) is 10.9. The molecule has 1 rings (SSSR count). The van der Waals surface area contributed by atoms with Crippen LogP contribution in [-0.4, -0.2) is 46.5 Å². The highest BCUT2D eigenvalue weighted by Gasteiger charge is 2.40. The molecule has 23 heavy (non-hydrogen) atoms. The standard InChI is InChI=1S/C17H31NO5/c1-17(15(20)21,16(22)23)10-4-2-3-5-11-18-12-13-6-8-14(19)9-7-13/h13-14,18-19H,2-12H2,1H3,(H,20,21)(H,22,23). The van der Waals surface area contributed by atoms with E-state index in [-0.39, 0.29) is 12.5 Å². The first kappa shape index (κ1) is 19.9. The van der Waals surface area contributed by atoms with Crippen molar-refractivity contribution in [2.24, 2.45) is 11.3 Å². The van der Waals surface area contributed by atoms with E-state index in [2.05, 4.69) is 5.32 Å². The predicted molar refractivity (Wildman–Crippen MR) is 87.3 cm³/mol. The fraction of sp³-hybridized carbons (Fsp3) is 0.882. The fourth-order valence-corrected chi connectivity index (χ4v) is 3.04. The zero-order valence-corrected chi connectivity index (χ0v) is 14.1. The van der Waals surface area contributed by atoms with Gasteiger partial charge in [-0.1, -0.05) is 19.3 Å². The van der Waals surface area contributed by atoms with Gasteiger partial charge in [-0.15, -0.1) is 0 Å². The molecule has 0 spiro atoms. The van der Waals surface area contributed by atoms with Gasteiger partial charge in [0.2, 0.25) is 0 Å². The first-order valence-electron chi connectivity index (χ1n) is 8.72. The summed E-state index contributed by atoms with van der Waals surface area (Å²) in [6, 6.07) is 0. The molecule has 1 fully saturated rings. The van der Waals surface area contributed by atoms with E-state index in [9.17, 15) is 14.7 Å². The van der Waals surface area contributed by atoms with Crippen LogP contribution in [0.25, 0.3) is 0 Å². The lowest BCUT2D eigenvalue weighted by atomic mass is 9.85. The molecule has 0 aliphatic heterocycles. The van der Waals surface area contributed by atoms with E-state index in [1.54, 1.807) is 0 Å². The zero-order valence-electron chi connectivity index (χ0n) is 14.1. The Balaban J connectivity index is 2.01. The van der Waals surface area contributed by atoms with Crippen LogP contribution in [0.3, 0.4) is 0 Å². The van der Waals surface area contributed by atoms with Gasteiger partial charge in [-0.3, -0.25) is 9.59 Å². The summed E-state index contributed by atoms with van der Waals surface area (Å²) in [4.78, 5) is 22.1. The van der Waals surface area contributed by atoms with Gasteiger partial charge in [-0.05, 0) is 64.5 Å². The normalized spacial score (nSPS) is 22.0. The molecule has 0 atom stereocenters. The lowest BCUT2D eigenvalue weighted by molar-refractivity contribution is -0.163. The van der Waals surface area contributed by atoms with E-state index in [0.717, 1.165) is 58.0 Å². The molecule has 6 nitrogen and oxygen atoms in total. The molecule has 0 radical (unpaired) electrons. The molecule has 0 aromatic carbocycles. The van der Waals surface area contributed by atoms with Crippen molar-refractivity contribution in [3.8, 4) is 0 Å². The maximum atomic E-state index is 11.0. The summed E-state index contributed by atoms with van der Waals surface area (Å²) >= 11 is 0. The van der Waals surface area contributed by atoms with Crippen molar-refractivity contribution in [3.63, 3.8) is 0 Å². The molecule has 0 bridgehead atoms.